The Morgan fingerprint density at radius 3 is 2.59 bits per heavy atom. The van der Waals surface area contributed by atoms with Crippen LogP contribution in [0.2, 0.25) is 0 Å². The van der Waals surface area contributed by atoms with Gasteiger partial charge in [-0.15, -0.1) is 0 Å². The molecule has 0 saturated carbocycles. The molecule has 0 bridgehead atoms. The largest absolute Gasteiger partial charge is 0.439 e. The predicted octanol–water partition coefficient (Wildman–Crippen LogP) is 3.05. The molecule has 1 heterocycles. The maximum absolute atomic E-state index is 13.4. The molecule has 2 unspecified atom stereocenters. The van der Waals surface area contributed by atoms with E-state index in [1.807, 2.05) is 55.5 Å². The summed E-state index contributed by atoms with van der Waals surface area (Å²) in [5, 5.41) is 10.8. The zero-order valence-electron chi connectivity index (χ0n) is 12.4. The summed E-state index contributed by atoms with van der Waals surface area (Å²) in [6.45, 7) is 2.53. The predicted molar refractivity (Wildman–Crippen MR) is 87.1 cm³/mol. The van der Waals surface area contributed by atoms with Crippen molar-refractivity contribution >= 4 is 12.7 Å². The van der Waals surface area contributed by atoms with Crippen LogP contribution in [-0.4, -0.2) is 30.6 Å². The Bertz CT molecular complexity index is 713. The Morgan fingerprint density at radius 2 is 1.82 bits per heavy atom. The molecule has 2 aromatic carbocycles. The van der Waals surface area contributed by atoms with Gasteiger partial charge in [0.15, 0.2) is 0 Å². The Kier molecular flexibility index (Phi) is 4.34. The second-order valence-electron chi connectivity index (χ2n) is 5.27. The Hall–Kier alpha value is -1.61. The van der Waals surface area contributed by atoms with E-state index in [2.05, 4.69) is 0 Å². The zero-order chi connectivity index (χ0) is 15.6. The van der Waals surface area contributed by atoms with Crippen molar-refractivity contribution in [2.75, 3.05) is 19.4 Å². The summed E-state index contributed by atoms with van der Waals surface area (Å²) in [5.41, 5.74) is 1.85. The number of benzene rings is 2. The molecule has 2 atom stereocenters. The van der Waals surface area contributed by atoms with Gasteiger partial charge >= 0.3 is 0 Å². The molecule has 22 heavy (non-hydrogen) atoms. The molecule has 1 aliphatic rings. The Morgan fingerprint density at radius 1 is 1.14 bits per heavy atom. The van der Waals surface area contributed by atoms with Gasteiger partial charge in [-0.05, 0) is 24.6 Å². The zero-order valence-corrected chi connectivity index (χ0v) is 13.3. The maximum Gasteiger partial charge on any atom is 0.280 e. The number of fused-ring (bicyclic) bond motifs is 3. The van der Waals surface area contributed by atoms with Gasteiger partial charge in [0.25, 0.3) is 7.37 Å². The highest BCUT2D eigenvalue weighted by molar-refractivity contribution is 7.67. The number of rotatable bonds is 5. The monoisotopic (exact) mass is 318 g/mol. The third kappa shape index (κ3) is 2.82. The van der Waals surface area contributed by atoms with E-state index >= 15 is 0 Å². The highest BCUT2D eigenvalue weighted by Crippen LogP contribution is 2.54. The minimum atomic E-state index is -3.16. The van der Waals surface area contributed by atoms with E-state index < -0.39 is 13.5 Å². The Balaban J connectivity index is 1.99. The molecular formula is C17H19O4P. The number of para-hydroxylation sites is 1. The lowest BCUT2D eigenvalue weighted by atomic mass is 10.0. The first-order chi connectivity index (χ1) is 10.6. The molecule has 0 amide bonds. The molecule has 0 saturated heterocycles. The van der Waals surface area contributed by atoms with Gasteiger partial charge in [0.1, 0.15) is 5.75 Å². The summed E-state index contributed by atoms with van der Waals surface area (Å²) >= 11 is 0. The van der Waals surface area contributed by atoms with Crippen molar-refractivity contribution in [3.63, 3.8) is 0 Å². The van der Waals surface area contributed by atoms with Crippen molar-refractivity contribution in [3.8, 4) is 16.9 Å². The normalized spacial score (nSPS) is 20.6. The van der Waals surface area contributed by atoms with Crippen LogP contribution in [0.5, 0.6) is 5.75 Å². The van der Waals surface area contributed by atoms with Crippen LogP contribution in [-0.2, 0) is 9.30 Å². The third-order valence-corrected chi connectivity index (χ3v) is 6.18. The van der Waals surface area contributed by atoms with Crippen LogP contribution in [0, 0.1) is 0 Å². The van der Waals surface area contributed by atoms with Crippen LogP contribution in [0.3, 0.4) is 0 Å². The van der Waals surface area contributed by atoms with Crippen molar-refractivity contribution in [2.24, 2.45) is 0 Å². The molecule has 1 N–H and O–H groups in total. The maximum atomic E-state index is 13.4. The number of hydrogen-bond donors (Lipinski definition) is 1. The first-order valence-electron chi connectivity index (χ1n) is 7.37. The Labute approximate surface area is 130 Å². The minimum absolute atomic E-state index is 0.0539. The van der Waals surface area contributed by atoms with Crippen molar-refractivity contribution in [2.45, 2.75) is 13.0 Å². The standard InChI is InChI=1S/C17H19O4P/c1-2-20-11-13(18)12-22(19)17-10-6-4-8-15(17)14-7-3-5-9-16(14)21-22/h3-10,13,18H,2,11-12H2,1H3. The van der Waals surface area contributed by atoms with Gasteiger partial charge in [0, 0.05) is 12.2 Å². The van der Waals surface area contributed by atoms with Gasteiger partial charge in [0.2, 0.25) is 0 Å². The van der Waals surface area contributed by atoms with Crippen LogP contribution in [0.1, 0.15) is 6.92 Å². The number of aliphatic hydroxyl groups excluding tert-OH is 1. The molecule has 1 aliphatic heterocycles. The summed E-state index contributed by atoms with van der Waals surface area (Å²) in [5.74, 6) is 0.605. The van der Waals surface area contributed by atoms with Gasteiger partial charge in [-0.25, -0.2) is 0 Å². The molecule has 3 rings (SSSR count). The second kappa shape index (κ2) is 6.25. The lowest BCUT2D eigenvalue weighted by Gasteiger charge is -2.29. The van der Waals surface area contributed by atoms with Crippen LogP contribution in [0.15, 0.2) is 48.5 Å². The fourth-order valence-corrected chi connectivity index (χ4v) is 5.08. The van der Waals surface area contributed by atoms with E-state index in [9.17, 15) is 9.67 Å². The third-order valence-electron chi connectivity index (χ3n) is 3.66. The number of hydrogen-bond acceptors (Lipinski definition) is 4. The topological polar surface area (TPSA) is 55.8 Å². The van der Waals surface area contributed by atoms with Crippen molar-refractivity contribution in [1.29, 1.82) is 0 Å². The first-order valence-corrected chi connectivity index (χ1v) is 9.18. The summed E-state index contributed by atoms with van der Waals surface area (Å²) in [4.78, 5) is 0. The van der Waals surface area contributed by atoms with Crippen LogP contribution < -0.4 is 9.83 Å². The lowest BCUT2D eigenvalue weighted by molar-refractivity contribution is 0.0534. The highest BCUT2D eigenvalue weighted by atomic mass is 31.2. The van der Waals surface area contributed by atoms with E-state index in [0.717, 1.165) is 11.1 Å². The van der Waals surface area contributed by atoms with Crippen LogP contribution in [0.4, 0.5) is 0 Å². The van der Waals surface area contributed by atoms with E-state index in [1.165, 1.54) is 0 Å². The molecule has 5 heteroatoms. The molecule has 0 radical (unpaired) electrons. The molecule has 0 fully saturated rings. The van der Waals surface area contributed by atoms with Crippen molar-refractivity contribution in [3.05, 3.63) is 48.5 Å². The summed E-state index contributed by atoms with van der Waals surface area (Å²) in [7, 11) is -3.16. The molecule has 2 aromatic rings. The van der Waals surface area contributed by atoms with E-state index in [1.54, 1.807) is 0 Å². The molecule has 0 aliphatic carbocycles. The van der Waals surface area contributed by atoms with Gasteiger partial charge < -0.3 is 14.4 Å². The van der Waals surface area contributed by atoms with Crippen molar-refractivity contribution in [1.82, 2.24) is 0 Å². The molecule has 4 nitrogen and oxygen atoms in total. The minimum Gasteiger partial charge on any atom is -0.439 e. The van der Waals surface area contributed by atoms with Gasteiger partial charge in [-0.2, -0.15) is 0 Å². The van der Waals surface area contributed by atoms with Gasteiger partial charge in [0.05, 0.1) is 24.2 Å². The fourth-order valence-electron chi connectivity index (χ4n) is 2.69. The summed E-state index contributed by atoms with van der Waals surface area (Å²) in [6.07, 6.45) is -0.762. The molecule has 0 spiro atoms. The average molecular weight is 318 g/mol. The van der Waals surface area contributed by atoms with E-state index in [0.29, 0.717) is 17.7 Å². The number of aliphatic hydroxyl groups is 1. The van der Waals surface area contributed by atoms with Gasteiger partial charge in [-0.3, -0.25) is 4.57 Å². The van der Waals surface area contributed by atoms with E-state index in [4.69, 9.17) is 9.26 Å². The fraction of sp³-hybridized carbons (Fsp3) is 0.294. The number of ether oxygens (including phenoxy) is 1. The van der Waals surface area contributed by atoms with E-state index in [-0.39, 0.29) is 12.8 Å². The van der Waals surface area contributed by atoms with Crippen LogP contribution >= 0.6 is 7.37 Å². The molecule has 0 aromatic heterocycles. The summed E-state index contributed by atoms with van der Waals surface area (Å²) in [6, 6.07) is 15.1. The molecular weight excluding hydrogens is 299 g/mol. The lowest BCUT2D eigenvalue weighted by Crippen LogP contribution is -2.27. The van der Waals surface area contributed by atoms with Crippen molar-refractivity contribution < 1.29 is 18.9 Å². The van der Waals surface area contributed by atoms with Crippen LogP contribution in [0.25, 0.3) is 11.1 Å². The SMILES string of the molecule is CCOCC(O)CP1(=O)Oc2ccccc2-c2ccccc21. The average Bonchev–Trinajstić information content (AvgIpc) is 2.53. The summed E-state index contributed by atoms with van der Waals surface area (Å²) < 4.78 is 24.4. The first kappa shape index (κ1) is 15.3. The highest BCUT2D eigenvalue weighted by Gasteiger charge is 2.37. The molecule has 116 valence electrons. The smallest absolute Gasteiger partial charge is 0.280 e. The van der Waals surface area contributed by atoms with Gasteiger partial charge in [-0.1, -0.05) is 36.4 Å². The quantitative estimate of drug-likeness (QED) is 0.861. The second-order valence-corrected chi connectivity index (χ2v) is 7.65.